The summed E-state index contributed by atoms with van der Waals surface area (Å²) in [5.74, 6) is -0.236. The van der Waals surface area contributed by atoms with Gasteiger partial charge in [-0.1, -0.05) is 17.7 Å². The zero-order valence-electron chi connectivity index (χ0n) is 33.4. The molecule has 3 aromatic heterocycles. The topological polar surface area (TPSA) is 268 Å². The molecular weight excluding hydrogens is 844 g/mol. The van der Waals surface area contributed by atoms with Crippen molar-refractivity contribution in [2.45, 2.75) is 56.2 Å². The molecule has 22 nitrogen and oxygen atoms in total. The van der Waals surface area contributed by atoms with Gasteiger partial charge in [-0.3, -0.25) is 9.88 Å². The molecule has 24 heteroatoms. The van der Waals surface area contributed by atoms with Crippen LogP contribution in [0.5, 0.6) is 11.8 Å². The summed E-state index contributed by atoms with van der Waals surface area (Å²) in [7, 11) is 6.59. The van der Waals surface area contributed by atoms with Crippen molar-refractivity contribution < 1.29 is 58.6 Å². The van der Waals surface area contributed by atoms with Crippen molar-refractivity contribution in [1.82, 2.24) is 38.6 Å². The summed E-state index contributed by atoms with van der Waals surface area (Å²) in [5, 5.41) is 43.4. The Morgan fingerprint density at radius 3 is 2.39 bits per heavy atom. The van der Waals surface area contributed by atoms with Gasteiger partial charge in [-0.05, 0) is 48.4 Å². The summed E-state index contributed by atoms with van der Waals surface area (Å²) in [4.78, 5) is 70.6. The molecule has 0 unspecified atom stereocenters. The third-order valence-corrected chi connectivity index (χ3v) is 12.1. The number of urea groups is 1. The van der Waals surface area contributed by atoms with Crippen molar-refractivity contribution in [1.29, 1.82) is 0 Å². The van der Waals surface area contributed by atoms with Gasteiger partial charge in [0.05, 0.1) is 17.5 Å². The van der Waals surface area contributed by atoms with Crippen LogP contribution < -0.4 is 19.7 Å². The lowest BCUT2D eigenvalue weighted by Gasteiger charge is -2.38. The number of aromatic nitrogens is 5. The van der Waals surface area contributed by atoms with E-state index in [0.717, 1.165) is 24.4 Å². The Labute approximate surface area is 357 Å². The van der Waals surface area contributed by atoms with Gasteiger partial charge in [0, 0.05) is 71.1 Å². The summed E-state index contributed by atoms with van der Waals surface area (Å²) >= 11 is 7.39. The zero-order valence-corrected chi connectivity index (χ0v) is 35.0. The lowest BCUT2D eigenvalue weighted by atomic mass is 9.99. The number of fused-ring (bicyclic) bond motifs is 2. The van der Waals surface area contributed by atoms with Crippen molar-refractivity contribution in [3.8, 4) is 11.8 Å². The minimum atomic E-state index is -1.88. The van der Waals surface area contributed by atoms with Crippen molar-refractivity contribution in [2.75, 3.05) is 64.6 Å². The molecule has 8 atom stereocenters. The van der Waals surface area contributed by atoms with E-state index < -0.39 is 42.8 Å². The van der Waals surface area contributed by atoms with Crippen molar-refractivity contribution >= 4 is 69.2 Å². The van der Waals surface area contributed by atoms with Gasteiger partial charge in [0.25, 0.3) is 0 Å². The highest BCUT2D eigenvalue weighted by molar-refractivity contribution is 7.10. The number of likely N-dealkylation sites (tertiary alicyclic amines) is 1. The number of nitrogens with zero attached hydrogens (tertiary/aromatic N) is 9. The number of nitrogens with one attached hydrogen (secondary N) is 1. The number of carbonyl (C=O) groups excluding carboxylic acids is 3. The van der Waals surface area contributed by atoms with Crippen molar-refractivity contribution in [3.63, 3.8) is 0 Å². The smallest absolute Gasteiger partial charge is 0.409 e. The fourth-order valence-corrected chi connectivity index (χ4v) is 8.52. The average molecular weight is 889 g/mol. The first-order valence-corrected chi connectivity index (χ1v) is 20.3. The molecule has 3 fully saturated rings. The summed E-state index contributed by atoms with van der Waals surface area (Å²) in [6, 6.07) is 5.95. The van der Waals surface area contributed by atoms with Crippen LogP contribution in [0.25, 0.3) is 11.0 Å². The molecule has 3 aliphatic rings. The average Bonchev–Trinajstić information content (AvgIpc) is 4.06. The normalized spacial score (nSPS) is 24.6. The van der Waals surface area contributed by atoms with Crippen molar-refractivity contribution in [3.05, 3.63) is 47.4 Å². The summed E-state index contributed by atoms with van der Waals surface area (Å²) < 4.78 is 26.5. The molecule has 0 bridgehead atoms. The van der Waals surface area contributed by atoms with Gasteiger partial charge in [0.1, 0.15) is 42.8 Å². The van der Waals surface area contributed by atoms with E-state index in [1.165, 1.54) is 53.1 Å². The first-order valence-electron chi connectivity index (χ1n) is 19.1. The third-order valence-electron chi connectivity index (χ3n) is 11.2. The Kier molecular flexibility index (Phi) is 13.0. The molecular formula is C37H45ClN10O12S. The number of rotatable bonds is 12. The number of hydrogen-bond donors (Lipinski definition) is 5. The standard InChI is InChI=1S/C37H45ClN10O12S/c1-44(9-10-45(2)37(56)58-16-18-5-6-24(23(38)11-18)59-32-27(51)25(49)26(50)28(60-32)31(52)53)36(55)48-8-7-22-29(39-17-40-30(22)48)46(3)21-12-19-14-47(15-20(19)13-21)35(54)42-34-41-33(57-4)43-61-34/h5-8,11,17,19-21,25-28,32,49-51H,9-10,12-16H2,1-4H3,(H,52,53)(H,41,42,43,54)/t19-,20+,21+,25-,26-,27+,28-,32+/m0/s1. The van der Waals surface area contributed by atoms with E-state index in [0.29, 0.717) is 52.5 Å². The number of carbonyl (C=O) groups is 4. The highest BCUT2D eigenvalue weighted by atomic mass is 35.5. The molecule has 0 spiro atoms. The monoisotopic (exact) mass is 888 g/mol. The quantitative estimate of drug-likeness (QED) is 0.136. The van der Waals surface area contributed by atoms with Crippen LogP contribution in [0.4, 0.5) is 25.3 Å². The van der Waals surface area contributed by atoms with E-state index in [4.69, 9.17) is 30.5 Å². The number of amides is 4. The van der Waals surface area contributed by atoms with Gasteiger partial charge in [0.2, 0.25) is 11.4 Å². The van der Waals surface area contributed by atoms with Crippen LogP contribution in [0.1, 0.15) is 18.4 Å². The minimum Gasteiger partial charge on any atom is -0.479 e. The number of anilines is 2. The number of carboxylic acids is 1. The number of aliphatic hydroxyl groups excluding tert-OH is 3. The molecule has 61 heavy (non-hydrogen) atoms. The number of likely N-dealkylation sites (N-methyl/N-ethyl adjacent to an activating group) is 2. The SMILES string of the molecule is COc1nsc(NC(=O)N2C[C@H]3C[C@H](N(C)c4ncnc5c4ccn5C(=O)N(C)CCN(C)C(=O)OCc4ccc(O[C@@H]5O[C@H](C(=O)O)[C@@H](O)[C@H](O)[C@H]5O)c(Cl)c4)C[C@H]3C2)n1. The van der Waals surface area contributed by atoms with E-state index >= 15 is 0 Å². The second kappa shape index (κ2) is 18.2. The van der Waals surface area contributed by atoms with Crippen LogP contribution in [-0.2, 0) is 20.9 Å². The van der Waals surface area contributed by atoms with E-state index in [1.807, 2.05) is 18.0 Å². The van der Waals surface area contributed by atoms with E-state index in [9.17, 15) is 39.6 Å². The first-order chi connectivity index (χ1) is 29.1. The predicted octanol–water partition coefficient (Wildman–Crippen LogP) is 1.76. The highest BCUT2D eigenvalue weighted by Gasteiger charge is 2.48. The van der Waals surface area contributed by atoms with E-state index in [-0.39, 0.29) is 54.6 Å². The lowest BCUT2D eigenvalue weighted by molar-refractivity contribution is -0.271. The van der Waals surface area contributed by atoms with E-state index in [2.05, 4.69) is 29.5 Å². The molecule has 1 saturated carbocycles. The number of halogens is 1. The molecule has 4 amide bonds. The van der Waals surface area contributed by atoms with E-state index in [1.54, 1.807) is 13.2 Å². The van der Waals surface area contributed by atoms with Crippen LogP contribution in [0.15, 0.2) is 36.8 Å². The maximum Gasteiger partial charge on any atom is 0.409 e. The van der Waals surface area contributed by atoms with Gasteiger partial charge in [-0.15, -0.1) is 4.37 Å². The Bertz CT molecular complexity index is 2250. The molecule has 5 N–H and O–H groups in total. The molecule has 5 heterocycles. The largest absolute Gasteiger partial charge is 0.479 e. The van der Waals surface area contributed by atoms with Gasteiger partial charge >= 0.3 is 30.1 Å². The lowest BCUT2D eigenvalue weighted by Crippen LogP contribution is -2.61. The second-order valence-corrected chi connectivity index (χ2v) is 16.3. The number of carboxylic acid groups (broad SMARTS) is 1. The Morgan fingerprint density at radius 2 is 1.72 bits per heavy atom. The fourth-order valence-electron chi connectivity index (χ4n) is 7.74. The van der Waals surface area contributed by atoms with Crippen LogP contribution in [0.2, 0.25) is 5.02 Å². The molecule has 2 aliphatic heterocycles. The number of methoxy groups -OCH3 is 1. The summed E-state index contributed by atoms with van der Waals surface area (Å²) in [5.41, 5.74) is 0.908. The molecule has 0 radical (unpaired) electrons. The minimum absolute atomic E-state index is 0.0102. The van der Waals surface area contributed by atoms with Crippen LogP contribution in [-0.4, -0.2) is 174 Å². The van der Waals surface area contributed by atoms with Crippen LogP contribution >= 0.6 is 23.1 Å². The fraction of sp³-hybridized carbons (Fsp3) is 0.514. The first kappa shape index (κ1) is 43.5. The number of aliphatic hydroxyl groups is 3. The predicted molar refractivity (Wildman–Crippen MR) is 216 cm³/mol. The molecule has 4 aromatic rings. The number of aliphatic carboxylic acids is 1. The van der Waals surface area contributed by atoms with Crippen LogP contribution in [0, 0.1) is 11.8 Å². The number of benzene rings is 1. The number of ether oxygens (including phenoxy) is 4. The molecule has 328 valence electrons. The molecule has 1 aromatic carbocycles. The second-order valence-electron chi connectivity index (χ2n) is 15.1. The molecule has 7 rings (SSSR count). The van der Waals surface area contributed by atoms with Gasteiger partial charge in [0.15, 0.2) is 11.8 Å². The van der Waals surface area contributed by atoms with Gasteiger partial charge in [-0.2, -0.15) is 4.98 Å². The highest BCUT2D eigenvalue weighted by Crippen LogP contribution is 2.42. The Balaban J connectivity index is 0.878. The Morgan fingerprint density at radius 1 is 1.00 bits per heavy atom. The molecule has 1 aliphatic carbocycles. The summed E-state index contributed by atoms with van der Waals surface area (Å²) in [6.07, 6.45) is -4.85. The maximum atomic E-state index is 13.6. The maximum absolute atomic E-state index is 13.6. The number of hydrogen-bond acceptors (Lipinski definition) is 17. The van der Waals surface area contributed by atoms with Gasteiger partial charge < -0.3 is 59.0 Å². The zero-order chi connectivity index (χ0) is 43.7. The van der Waals surface area contributed by atoms with Crippen LogP contribution in [0.3, 0.4) is 0 Å². The summed E-state index contributed by atoms with van der Waals surface area (Å²) in [6.45, 7) is 1.38. The van der Waals surface area contributed by atoms with Crippen molar-refractivity contribution in [2.24, 2.45) is 11.8 Å². The third kappa shape index (κ3) is 9.21. The van der Waals surface area contributed by atoms with Gasteiger partial charge in [-0.25, -0.2) is 29.1 Å². The molecule has 2 saturated heterocycles. The Hall–Kier alpha value is -5.59.